The molecule has 1 atom stereocenters. The molecule has 0 heterocycles. The van der Waals surface area contributed by atoms with Gasteiger partial charge in [0.2, 0.25) is 10.0 Å². The van der Waals surface area contributed by atoms with Gasteiger partial charge in [0.05, 0.1) is 0 Å². The Balaban J connectivity index is 2.54. The maximum Gasteiger partial charge on any atom is 0.325 e. The first-order chi connectivity index (χ1) is 7.41. The predicted octanol–water partition coefficient (Wildman–Crippen LogP) is 0.407. The van der Waals surface area contributed by atoms with Crippen LogP contribution in [0.1, 0.15) is 12.5 Å². The van der Waals surface area contributed by atoms with Crippen molar-refractivity contribution in [2.75, 3.05) is 0 Å². The Morgan fingerprint density at radius 2 is 1.94 bits per heavy atom. The molecular formula is C10H13NO4S. The third-order valence-corrected chi connectivity index (χ3v) is 3.23. The quantitative estimate of drug-likeness (QED) is 0.776. The molecule has 0 saturated heterocycles. The number of benzene rings is 1. The van der Waals surface area contributed by atoms with Crippen LogP contribution in [0.15, 0.2) is 30.3 Å². The van der Waals surface area contributed by atoms with Crippen molar-refractivity contribution in [2.24, 2.45) is 5.14 Å². The van der Waals surface area contributed by atoms with Crippen LogP contribution in [0.4, 0.5) is 0 Å². The van der Waals surface area contributed by atoms with Crippen molar-refractivity contribution in [3.63, 3.8) is 0 Å². The van der Waals surface area contributed by atoms with E-state index in [1.165, 1.54) is 6.92 Å². The highest BCUT2D eigenvalue weighted by molar-refractivity contribution is 7.90. The number of hydrogen-bond acceptors (Lipinski definition) is 4. The Morgan fingerprint density at radius 1 is 1.38 bits per heavy atom. The number of nitrogens with two attached hydrogens (primary N) is 1. The van der Waals surface area contributed by atoms with Gasteiger partial charge in [0, 0.05) is 0 Å². The number of primary sulfonamides is 1. The summed E-state index contributed by atoms with van der Waals surface area (Å²) in [6.07, 6.45) is 0. The molecule has 16 heavy (non-hydrogen) atoms. The van der Waals surface area contributed by atoms with E-state index < -0.39 is 21.2 Å². The average Bonchev–Trinajstić information content (AvgIpc) is 2.25. The van der Waals surface area contributed by atoms with E-state index in [1.807, 2.05) is 6.07 Å². The molecule has 0 aliphatic heterocycles. The molecule has 0 aliphatic carbocycles. The molecule has 1 aromatic rings. The largest absolute Gasteiger partial charge is 0.460 e. The molecule has 0 aliphatic rings. The van der Waals surface area contributed by atoms with E-state index >= 15 is 0 Å². The summed E-state index contributed by atoms with van der Waals surface area (Å²) in [7, 11) is -3.88. The van der Waals surface area contributed by atoms with Gasteiger partial charge in [-0.2, -0.15) is 0 Å². The summed E-state index contributed by atoms with van der Waals surface area (Å²) in [5.41, 5.74) is 0.789. The fraction of sp³-hybridized carbons (Fsp3) is 0.300. The Labute approximate surface area is 94.3 Å². The van der Waals surface area contributed by atoms with Gasteiger partial charge < -0.3 is 4.74 Å². The van der Waals surface area contributed by atoms with Crippen molar-refractivity contribution in [1.82, 2.24) is 0 Å². The highest BCUT2D eigenvalue weighted by Gasteiger charge is 2.25. The van der Waals surface area contributed by atoms with Crippen LogP contribution in [0.2, 0.25) is 0 Å². The van der Waals surface area contributed by atoms with E-state index in [-0.39, 0.29) is 6.61 Å². The molecule has 0 unspecified atom stereocenters. The van der Waals surface area contributed by atoms with Crippen molar-refractivity contribution < 1.29 is 17.9 Å². The molecule has 0 spiro atoms. The summed E-state index contributed by atoms with van der Waals surface area (Å²) in [6, 6.07) is 8.97. The van der Waals surface area contributed by atoms with E-state index in [2.05, 4.69) is 0 Å². The minimum Gasteiger partial charge on any atom is -0.460 e. The van der Waals surface area contributed by atoms with Gasteiger partial charge in [-0.05, 0) is 12.5 Å². The highest BCUT2D eigenvalue weighted by atomic mass is 32.2. The summed E-state index contributed by atoms with van der Waals surface area (Å²) in [6.45, 7) is 1.24. The molecule has 1 aromatic carbocycles. The molecule has 6 heteroatoms. The lowest BCUT2D eigenvalue weighted by atomic mass is 10.2. The smallest absolute Gasteiger partial charge is 0.325 e. The average molecular weight is 243 g/mol. The zero-order valence-corrected chi connectivity index (χ0v) is 9.61. The number of sulfonamides is 1. The molecule has 0 aromatic heterocycles. The van der Waals surface area contributed by atoms with Crippen LogP contribution in [0.5, 0.6) is 0 Å². The Hall–Kier alpha value is -1.40. The number of ether oxygens (including phenoxy) is 1. The lowest BCUT2D eigenvalue weighted by Gasteiger charge is -2.09. The second kappa shape index (κ2) is 5.09. The third kappa shape index (κ3) is 3.63. The maximum absolute atomic E-state index is 11.3. The van der Waals surface area contributed by atoms with Crippen molar-refractivity contribution in [2.45, 2.75) is 18.8 Å². The van der Waals surface area contributed by atoms with Gasteiger partial charge in [0.1, 0.15) is 6.61 Å². The molecule has 88 valence electrons. The Kier molecular flexibility index (Phi) is 4.03. The van der Waals surface area contributed by atoms with Crippen molar-refractivity contribution in [1.29, 1.82) is 0 Å². The molecule has 0 radical (unpaired) electrons. The third-order valence-electron chi connectivity index (χ3n) is 2.05. The molecule has 5 nitrogen and oxygen atoms in total. The lowest BCUT2D eigenvalue weighted by molar-refractivity contribution is -0.144. The highest BCUT2D eigenvalue weighted by Crippen LogP contribution is 2.04. The second-order valence-electron chi connectivity index (χ2n) is 3.32. The van der Waals surface area contributed by atoms with Gasteiger partial charge in [0.15, 0.2) is 5.25 Å². The number of esters is 1. The van der Waals surface area contributed by atoms with E-state index in [0.29, 0.717) is 0 Å². The van der Waals surface area contributed by atoms with Crippen molar-refractivity contribution in [3.8, 4) is 0 Å². The standard InChI is InChI=1S/C10H13NO4S/c1-8(16(11,13)14)10(12)15-7-9-5-3-2-4-6-9/h2-6,8H,7H2,1H3,(H2,11,13,14)/t8-/m1/s1. The lowest BCUT2D eigenvalue weighted by Crippen LogP contribution is -2.34. The molecule has 1 rings (SSSR count). The van der Waals surface area contributed by atoms with Gasteiger partial charge in [-0.3, -0.25) is 4.79 Å². The minimum atomic E-state index is -3.88. The summed E-state index contributed by atoms with van der Waals surface area (Å²) in [4.78, 5) is 11.3. The van der Waals surface area contributed by atoms with E-state index in [4.69, 9.17) is 9.88 Å². The predicted molar refractivity (Wildman–Crippen MR) is 58.8 cm³/mol. The second-order valence-corrected chi connectivity index (χ2v) is 5.21. The van der Waals surface area contributed by atoms with Crippen molar-refractivity contribution >= 4 is 16.0 Å². The van der Waals surface area contributed by atoms with E-state index in [9.17, 15) is 13.2 Å². The van der Waals surface area contributed by atoms with Gasteiger partial charge in [-0.1, -0.05) is 30.3 Å². The zero-order chi connectivity index (χ0) is 12.2. The molecule has 0 fully saturated rings. The zero-order valence-electron chi connectivity index (χ0n) is 8.79. The van der Waals surface area contributed by atoms with Crippen LogP contribution in [-0.2, 0) is 26.2 Å². The molecular weight excluding hydrogens is 230 g/mol. The van der Waals surface area contributed by atoms with Gasteiger partial charge in [-0.25, -0.2) is 13.6 Å². The molecule has 0 bridgehead atoms. The number of hydrogen-bond donors (Lipinski definition) is 1. The summed E-state index contributed by atoms with van der Waals surface area (Å²) >= 11 is 0. The number of rotatable bonds is 4. The monoisotopic (exact) mass is 243 g/mol. The van der Waals surface area contributed by atoms with Crippen LogP contribution < -0.4 is 5.14 Å². The topological polar surface area (TPSA) is 86.5 Å². The first-order valence-electron chi connectivity index (χ1n) is 4.63. The van der Waals surface area contributed by atoms with Gasteiger partial charge in [-0.15, -0.1) is 0 Å². The van der Waals surface area contributed by atoms with E-state index in [0.717, 1.165) is 5.56 Å². The number of carbonyl (C=O) groups excluding carboxylic acids is 1. The first-order valence-corrected chi connectivity index (χ1v) is 6.24. The summed E-state index contributed by atoms with van der Waals surface area (Å²) in [5.74, 6) is -0.841. The first kappa shape index (κ1) is 12.7. The minimum absolute atomic E-state index is 0.0412. The van der Waals surface area contributed by atoms with E-state index in [1.54, 1.807) is 24.3 Å². The fourth-order valence-electron chi connectivity index (χ4n) is 0.980. The van der Waals surface area contributed by atoms with Gasteiger partial charge in [0.25, 0.3) is 0 Å². The normalized spacial score (nSPS) is 13.1. The molecule has 0 saturated carbocycles. The van der Waals surface area contributed by atoms with Crippen LogP contribution in [-0.4, -0.2) is 19.6 Å². The summed E-state index contributed by atoms with van der Waals surface area (Å²) < 4.78 is 26.5. The van der Waals surface area contributed by atoms with Crippen LogP contribution in [0, 0.1) is 0 Å². The molecule has 0 amide bonds. The fourth-order valence-corrected chi connectivity index (χ4v) is 1.32. The summed E-state index contributed by atoms with van der Waals surface area (Å²) in [5, 5.41) is 3.48. The van der Waals surface area contributed by atoms with Crippen molar-refractivity contribution in [3.05, 3.63) is 35.9 Å². The maximum atomic E-state index is 11.3. The Bertz CT molecular complexity index is 455. The Morgan fingerprint density at radius 3 is 2.44 bits per heavy atom. The SMILES string of the molecule is C[C@H](C(=O)OCc1ccccc1)S(N)(=O)=O. The number of carbonyl (C=O) groups is 1. The van der Waals surface area contributed by atoms with Crippen LogP contribution >= 0.6 is 0 Å². The van der Waals surface area contributed by atoms with Gasteiger partial charge >= 0.3 is 5.97 Å². The molecule has 2 N–H and O–H groups in total. The van der Waals surface area contributed by atoms with Crippen LogP contribution in [0.3, 0.4) is 0 Å². The van der Waals surface area contributed by atoms with Crippen LogP contribution in [0.25, 0.3) is 0 Å².